The summed E-state index contributed by atoms with van der Waals surface area (Å²) in [6, 6.07) is 7.91. The summed E-state index contributed by atoms with van der Waals surface area (Å²) in [4.78, 5) is 28.5. The van der Waals surface area contributed by atoms with Crippen molar-refractivity contribution in [3.63, 3.8) is 0 Å². The van der Waals surface area contributed by atoms with Crippen LogP contribution in [0.25, 0.3) is 11.0 Å². The molecule has 0 bridgehead atoms. The third kappa shape index (κ3) is 3.48. The molecule has 2 N–H and O–H groups in total. The molecule has 3 rings (SSSR count). The number of nitrogens with zero attached hydrogens (tertiary/aromatic N) is 1. The molecule has 0 saturated heterocycles. The molecule has 0 spiro atoms. The summed E-state index contributed by atoms with van der Waals surface area (Å²) in [7, 11) is -3.80. The van der Waals surface area contributed by atoms with E-state index in [4.69, 9.17) is 0 Å². The highest BCUT2D eigenvalue weighted by Gasteiger charge is 2.24. The second-order valence-electron chi connectivity index (χ2n) is 5.28. The standard InChI is InChI=1S/C16H15N3O4S2/c1-2-7-19(10-11-4-3-8-24-11)25(22,23)12-5-6-13-14(9-12)18-16(21)15(20)17-13/h2-6,8-9H,1,7,10H2,(H,17,20)(H,18,21). The lowest BCUT2D eigenvalue weighted by Crippen LogP contribution is -2.31. The van der Waals surface area contributed by atoms with Crippen molar-refractivity contribution in [2.24, 2.45) is 0 Å². The predicted molar refractivity (Wildman–Crippen MR) is 97.3 cm³/mol. The summed E-state index contributed by atoms with van der Waals surface area (Å²) in [5.41, 5.74) is -1.00. The molecule has 7 nitrogen and oxygen atoms in total. The molecule has 0 fully saturated rings. The van der Waals surface area contributed by atoms with E-state index >= 15 is 0 Å². The largest absolute Gasteiger partial charge is 0.316 e. The minimum absolute atomic E-state index is 0.0288. The Morgan fingerprint density at radius 3 is 2.48 bits per heavy atom. The van der Waals surface area contributed by atoms with Gasteiger partial charge in [0.25, 0.3) is 0 Å². The van der Waals surface area contributed by atoms with E-state index in [1.54, 1.807) is 0 Å². The van der Waals surface area contributed by atoms with Gasteiger partial charge in [0.1, 0.15) is 0 Å². The Bertz CT molecular complexity index is 1130. The number of sulfonamides is 1. The molecule has 25 heavy (non-hydrogen) atoms. The van der Waals surface area contributed by atoms with Crippen LogP contribution in [0.3, 0.4) is 0 Å². The molecular weight excluding hydrogens is 362 g/mol. The molecule has 0 unspecified atom stereocenters. The van der Waals surface area contributed by atoms with Crippen LogP contribution in [0.1, 0.15) is 4.88 Å². The van der Waals surface area contributed by atoms with Crippen LogP contribution in [-0.2, 0) is 16.6 Å². The van der Waals surface area contributed by atoms with Gasteiger partial charge in [-0.25, -0.2) is 8.42 Å². The lowest BCUT2D eigenvalue weighted by molar-refractivity contribution is 0.441. The van der Waals surface area contributed by atoms with E-state index in [1.807, 2.05) is 17.5 Å². The first kappa shape index (κ1) is 17.3. The van der Waals surface area contributed by atoms with Crippen LogP contribution in [-0.4, -0.2) is 29.2 Å². The fourth-order valence-corrected chi connectivity index (χ4v) is 4.59. The zero-order valence-corrected chi connectivity index (χ0v) is 14.7. The SMILES string of the molecule is C=CCN(Cc1cccs1)S(=O)(=O)c1ccc2[nH]c(=O)c(=O)[nH]c2c1. The van der Waals surface area contributed by atoms with Crippen molar-refractivity contribution in [1.82, 2.24) is 14.3 Å². The Kier molecular flexibility index (Phi) is 4.71. The summed E-state index contributed by atoms with van der Waals surface area (Å²) in [6.45, 7) is 4.00. The number of fused-ring (bicyclic) bond motifs is 1. The number of benzene rings is 1. The van der Waals surface area contributed by atoms with Gasteiger partial charge in [0.15, 0.2) is 0 Å². The number of thiophene rings is 1. The van der Waals surface area contributed by atoms with E-state index in [1.165, 1.54) is 39.9 Å². The van der Waals surface area contributed by atoms with E-state index in [-0.39, 0.29) is 23.5 Å². The Hall–Kier alpha value is -2.49. The van der Waals surface area contributed by atoms with Gasteiger partial charge in [-0.3, -0.25) is 9.59 Å². The van der Waals surface area contributed by atoms with Crippen molar-refractivity contribution in [3.05, 3.63) is 74.0 Å². The lowest BCUT2D eigenvalue weighted by Gasteiger charge is -2.20. The van der Waals surface area contributed by atoms with Crippen LogP contribution in [0, 0.1) is 0 Å². The number of nitrogens with one attached hydrogen (secondary N) is 2. The van der Waals surface area contributed by atoms with Gasteiger partial charge in [0.05, 0.1) is 15.9 Å². The maximum atomic E-state index is 13.0. The van der Waals surface area contributed by atoms with E-state index in [0.717, 1.165) is 4.88 Å². The number of H-pyrrole nitrogens is 2. The molecular formula is C16H15N3O4S2. The first-order valence-electron chi connectivity index (χ1n) is 7.31. The Labute approximate surface area is 147 Å². The van der Waals surface area contributed by atoms with Gasteiger partial charge >= 0.3 is 11.1 Å². The molecule has 0 aliphatic rings. The molecule has 0 radical (unpaired) electrons. The van der Waals surface area contributed by atoms with Gasteiger partial charge in [-0.05, 0) is 29.6 Å². The summed E-state index contributed by atoms with van der Waals surface area (Å²) >= 11 is 1.47. The molecule has 0 saturated carbocycles. The quantitative estimate of drug-likeness (QED) is 0.504. The average molecular weight is 377 g/mol. The monoisotopic (exact) mass is 377 g/mol. The highest BCUT2D eigenvalue weighted by atomic mass is 32.2. The van der Waals surface area contributed by atoms with Gasteiger partial charge in [0, 0.05) is 18.0 Å². The summed E-state index contributed by atoms with van der Waals surface area (Å²) in [5, 5.41) is 1.88. The zero-order valence-electron chi connectivity index (χ0n) is 13.1. The number of aromatic nitrogens is 2. The molecule has 9 heteroatoms. The second-order valence-corrected chi connectivity index (χ2v) is 8.25. The number of aromatic amines is 2. The van der Waals surface area contributed by atoms with Gasteiger partial charge in [0.2, 0.25) is 10.0 Å². The van der Waals surface area contributed by atoms with Crippen molar-refractivity contribution in [2.75, 3.05) is 6.54 Å². The van der Waals surface area contributed by atoms with Crippen LogP contribution < -0.4 is 11.1 Å². The predicted octanol–water partition coefficient (Wildman–Crippen LogP) is 1.65. The van der Waals surface area contributed by atoms with Crippen LogP contribution >= 0.6 is 11.3 Å². The number of hydrogen-bond acceptors (Lipinski definition) is 5. The fourth-order valence-electron chi connectivity index (χ4n) is 2.37. The highest BCUT2D eigenvalue weighted by molar-refractivity contribution is 7.89. The van der Waals surface area contributed by atoms with Crippen molar-refractivity contribution < 1.29 is 8.42 Å². The summed E-state index contributed by atoms with van der Waals surface area (Å²) in [5.74, 6) is 0. The molecule has 130 valence electrons. The highest BCUT2D eigenvalue weighted by Crippen LogP contribution is 2.22. The molecule has 2 heterocycles. The van der Waals surface area contributed by atoms with Crippen molar-refractivity contribution >= 4 is 32.4 Å². The van der Waals surface area contributed by atoms with Gasteiger partial charge < -0.3 is 9.97 Å². The summed E-state index contributed by atoms with van der Waals surface area (Å²) in [6.07, 6.45) is 1.52. The molecule has 0 amide bonds. The smallest absolute Gasteiger partial charge is 0.314 e. The van der Waals surface area contributed by atoms with E-state index < -0.39 is 21.1 Å². The molecule has 3 aromatic rings. The van der Waals surface area contributed by atoms with Crippen molar-refractivity contribution in [1.29, 1.82) is 0 Å². The molecule has 1 aromatic carbocycles. The maximum absolute atomic E-state index is 13.0. The normalized spacial score (nSPS) is 11.9. The van der Waals surface area contributed by atoms with Crippen LogP contribution in [0.5, 0.6) is 0 Å². The molecule has 0 atom stereocenters. The molecule has 0 aliphatic carbocycles. The van der Waals surface area contributed by atoms with E-state index in [0.29, 0.717) is 5.52 Å². The van der Waals surface area contributed by atoms with Crippen LogP contribution in [0.15, 0.2) is 62.9 Å². The summed E-state index contributed by atoms with van der Waals surface area (Å²) < 4.78 is 27.2. The third-order valence-electron chi connectivity index (χ3n) is 3.58. The zero-order chi connectivity index (χ0) is 18.0. The Morgan fingerprint density at radius 2 is 1.84 bits per heavy atom. The Morgan fingerprint density at radius 1 is 1.12 bits per heavy atom. The van der Waals surface area contributed by atoms with Crippen molar-refractivity contribution in [2.45, 2.75) is 11.4 Å². The van der Waals surface area contributed by atoms with Crippen molar-refractivity contribution in [3.8, 4) is 0 Å². The lowest BCUT2D eigenvalue weighted by atomic mass is 10.3. The van der Waals surface area contributed by atoms with Crippen LogP contribution in [0.4, 0.5) is 0 Å². The second kappa shape index (κ2) is 6.79. The first-order chi connectivity index (χ1) is 11.9. The average Bonchev–Trinajstić information content (AvgIpc) is 3.08. The molecule has 0 aliphatic heterocycles. The fraction of sp³-hybridized carbons (Fsp3) is 0.125. The maximum Gasteiger partial charge on any atom is 0.314 e. The van der Waals surface area contributed by atoms with Gasteiger partial charge in [-0.2, -0.15) is 4.31 Å². The van der Waals surface area contributed by atoms with Gasteiger partial charge in [-0.15, -0.1) is 17.9 Å². The first-order valence-corrected chi connectivity index (χ1v) is 9.63. The minimum atomic E-state index is -3.80. The van der Waals surface area contributed by atoms with Gasteiger partial charge in [-0.1, -0.05) is 12.1 Å². The van der Waals surface area contributed by atoms with E-state index in [9.17, 15) is 18.0 Å². The Balaban J connectivity index is 2.06. The van der Waals surface area contributed by atoms with Crippen LogP contribution in [0.2, 0.25) is 0 Å². The topological polar surface area (TPSA) is 103 Å². The third-order valence-corrected chi connectivity index (χ3v) is 6.25. The number of hydrogen-bond donors (Lipinski definition) is 2. The minimum Gasteiger partial charge on any atom is -0.316 e. The van der Waals surface area contributed by atoms with E-state index in [2.05, 4.69) is 16.5 Å². The number of rotatable bonds is 6. The molecule has 2 aromatic heterocycles.